The first kappa shape index (κ1) is 27.0. The van der Waals surface area contributed by atoms with Crippen LogP contribution in [0.2, 0.25) is 0 Å². The zero-order valence-electron chi connectivity index (χ0n) is 22.0. The molecule has 4 rings (SSSR count). The Morgan fingerprint density at radius 1 is 0.872 bits per heavy atom. The first-order chi connectivity index (χ1) is 18.9. The van der Waals surface area contributed by atoms with Gasteiger partial charge in [-0.3, -0.25) is 0 Å². The summed E-state index contributed by atoms with van der Waals surface area (Å²) >= 11 is 1.57. The number of ether oxygens (including phenoxy) is 3. The van der Waals surface area contributed by atoms with Crippen molar-refractivity contribution in [3.8, 4) is 29.7 Å². The molecule has 192 valence electrons. The lowest BCUT2D eigenvalue weighted by Crippen LogP contribution is -2.23. The van der Waals surface area contributed by atoms with Crippen molar-refractivity contribution in [3.05, 3.63) is 110 Å². The van der Waals surface area contributed by atoms with Crippen molar-refractivity contribution in [2.75, 3.05) is 14.2 Å². The van der Waals surface area contributed by atoms with Crippen LogP contribution < -0.4 is 9.47 Å². The molecular formula is C32H25N3O3S. The molecule has 0 spiro atoms. The fraction of sp³-hybridized carbons (Fsp3) is 0.156. The molecule has 3 aromatic rings. The minimum absolute atomic E-state index is 0.00398. The number of methoxy groups -OCH3 is 2. The van der Waals surface area contributed by atoms with Gasteiger partial charge in [0.15, 0.2) is 16.9 Å². The molecule has 0 amide bonds. The highest BCUT2D eigenvalue weighted by atomic mass is 32.1. The number of benzene rings is 2. The molecule has 6 nitrogen and oxygen atoms in total. The maximum atomic E-state index is 10.0. The van der Waals surface area contributed by atoms with Crippen LogP contribution in [0.25, 0.3) is 18.2 Å². The topological polar surface area (TPSA) is 99.1 Å². The average Bonchev–Trinajstić information content (AvgIpc) is 3.53. The third kappa shape index (κ3) is 5.34. The lowest BCUT2D eigenvalue weighted by Gasteiger charge is -2.27. The van der Waals surface area contributed by atoms with Crippen molar-refractivity contribution in [1.82, 2.24) is 0 Å². The Morgan fingerprint density at radius 2 is 1.46 bits per heavy atom. The van der Waals surface area contributed by atoms with E-state index in [2.05, 4.69) is 6.07 Å². The fourth-order valence-electron chi connectivity index (χ4n) is 4.41. The number of nitriles is 3. The van der Waals surface area contributed by atoms with Gasteiger partial charge in [-0.05, 0) is 67.5 Å². The number of hydrogen-bond donors (Lipinski definition) is 0. The van der Waals surface area contributed by atoms with Gasteiger partial charge >= 0.3 is 0 Å². The zero-order valence-corrected chi connectivity index (χ0v) is 22.8. The van der Waals surface area contributed by atoms with Gasteiger partial charge in [0, 0.05) is 15.3 Å². The molecule has 1 aliphatic rings. The Labute approximate surface area is 232 Å². The summed E-state index contributed by atoms with van der Waals surface area (Å²) in [5, 5.41) is 28.9. The summed E-state index contributed by atoms with van der Waals surface area (Å²) in [7, 11) is 3.27. The summed E-state index contributed by atoms with van der Waals surface area (Å²) < 4.78 is 17.3. The lowest BCUT2D eigenvalue weighted by molar-refractivity contribution is 0.0755. The maximum Gasteiger partial charge on any atom is 0.172 e. The Balaban J connectivity index is 1.71. The summed E-state index contributed by atoms with van der Waals surface area (Å²) in [6.07, 6.45) is 7.70. The molecule has 0 saturated heterocycles. The molecule has 0 N–H and O–H groups in total. The molecule has 0 saturated carbocycles. The Hall–Kier alpha value is -5.03. The van der Waals surface area contributed by atoms with Gasteiger partial charge in [-0.25, -0.2) is 0 Å². The van der Waals surface area contributed by atoms with Crippen LogP contribution in [0.4, 0.5) is 0 Å². The van der Waals surface area contributed by atoms with Gasteiger partial charge in [-0.2, -0.15) is 15.8 Å². The van der Waals surface area contributed by atoms with Crippen LogP contribution in [-0.2, 0) is 10.3 Å². The van der Waals surface area contributed by atoms with Crippen molar-refractivity contribution in [1.29, 1.82) is 15.8 Å². The molecular weight excluding hydrogens is 506 g/mol. The summed E-state index contributed by atoms with van der Waals surface area (Å²) in [5.41, 5.74) is 2.17. The first-order valence-corrected chi connectivity index (χ1v) is 12.8. The van der Waals surface area contributed by atoms with E-state index in [0.717, 1.165) is 37.9 Å². The molecule has 1 aromatic heterocycles. The van der Waals surface area contributed by atoms with Crippen LogP contribution in [0.15, 0.2) is 83.2 Å². The predicted molar refractivity (Wildman–Crippen MR) is 152 cm³/mol. The number of hydrogen-bond acceptors (Lipinski definition) is 7. The van der Waals surface area contributed by atoms with E-state index in [0.29, 0.717) is 5.57 Å². The van der Waals surface area contributed by atoms with E-state index in [1.807, 2.05) is 105 Å². The van der Waals surface area contributed by atoms with Gasteiger partial charge in [0.2, 0.25) is 0 Å². The Morgan fingerprint density at radius 3 is 2.00 bits per heavy atom. The lowest BCUT2D eigenvalue weighted by atomic mass is 9.86. The molecule has 2 heterocycles. The van der Waals surface area contributed by atoms with Gasteiger partial charge in [-0.1, -0.05) is 36.4 Å². The van der Waals surface area contributed by atoms with Crippen LogP contribution in [0, 0.1) is 40.9 Å². The molecule has 39 heavy (non-hydrogen) atoms. The summed E-state index contributed by atoms with van der Waals surface area (Å²) in [6.45, 7) is 3.82. The molecule has 0 fully saturated rings. The standard InChI is InChI=1S/C32H25N3O3S/c1-21-16-29(36-3)26(30(17-21)37-4)14-12-24-10-11-25(39-24)13-15-28-27(20-35)31(22(18-33)19-34)38-32(28,2)23-8-6-5-7-9-23/h5-17H,1-4H3/b14-12+,15-13+. The second kappa shape index (κ2) is 11.6. The van der Waals surface area contributed by atoms with Crippen molar-refractivity contribution in [2.45, 2.75) is 19.4 Å². The Bertz CT molecular complexity index is 1620. The van der Waals surface area contributed by atoms with E-state index in [1.165, 1.54) is 0 Å². The SMILES string of the molecule is COc1cc(C)cc(OC)c1/C=C/c1ccc(/C=C/C2=C(C#N)C(=C(C#N)C#N)OC2(C)c2ccccc2)s1. The summed E-state index contributed by atoms with van der Waals surface area (Å²) in [5.74, 6) is 1.47. The van der Waals surface area contributed by atoms with E-state index in [-0.39, 0.29) is 16.9 Å². The van der Waals surface area contributed by atoms with E-state index in [4.69, 9.17) is 14.2 Å². The highest BCUT2D eigenvalue weighted by Gasteiger charge is 2.43. The van der Waals surface area contributed by atoms with E-state index >= 15 is 0 Å². The number of allylic oxidation sites excluding steroid dienone is 2. The smallest absolute Gasteiger partial charge is 0.172 e. The third-order valence-electron chi connectivity index (χ3n) is 6.37. The van der Waals surface area contributed by atoms with Crippen molar-refractivity contribution >= 4 is 29.6 Å². The molecule has 0 bridgehead atoms. The number of rotatable bonds is 7. The van der Waals surface area contributed by atoms with Crippen LogP contribution in [-0.4, -0.2) is 14.2 Å². The molecule has 1 unspecified atom stereocenters. The zero-order chi connectivity index (χ0) is 28.0. The monoisotopic (exact) mass is 531 g/mol. The summed E-state index contributed by atoms with van der Waals surface area (Å²) in [4.78, 5) is 1.97. The fourth-order valence-corrected chi connectivity index (χ4v) is 5.23. The van der Waals surface area contributed by atoms with E-state index in [9.17, 15) is 15.8 Å². The van der Waals surface area contributed by atoms with Gasteiger partial charge in [0.05, 0.1) is 19.8 Å². The van der Waals surface area contributed by atoms with E-state index in [1.54, 1.807) is 25.6 Å². The molecule has 7 heteroatoms. The first-order valence-electron chi connectivity index (χ1n) is 12.0. The molecule has 1 atom stereocenters. The number of nitrogens with zero attached hydrogens (tertiary/aromatic N) is 3. The minimum atomic E-state index is -1.05. The van der Waals surface area contributed by atoms with Gasteiger partial charge in [-0.15, -0.1) is 11.3 Å². The van der Waals surface area contributed by atoms with Gasteiger partial charge in [0.25, 0.3) is 0 Å². The molecule has 1 aliphatic heterocycles. The van der Waals surface area contributed by atoms with E-state index < -0.39 is 5.60 Å². The Kier molecular flexibility index (Phi) is 8.01. The molecule has 0 aliphatic carbocycles. The van der Waals surface area contributed by atoms with Crippen molar-refractivity contribution in [2.24, 2.45) is 0 Å². The maximum absolute atomic E-state index is 10.0. The van der Waals surface area contributed by atoms with Crippen LogP contribution in [0.1, 0.15) is 33.4 Å². The van der Waals surface area contributed by atoms with Crippen LogP contribution in [0.3, 0.4) is 0 Å². The second-order valence-corrected chi connectivity index (χ2v) is 9.97. The normalized spacial score (nSPS) is 16.6. The quantitative estimate of drug-likeness (QED) is 0.296. The average molecular weight is 532 g/mol. The van der Waals surface area contributed by atoms with Gasteiger partial charge < -0.3 is 14.2 Å². The minimum Gasteiger partial charge on any atom is -0.496 e. The third-order valence-corrected chi connectivity index (χ3v) is 7.38. The highest BCUT2D eigenvalue weighted by Crippen LogP contribution is 2.47. The summed E-state index contributed by atoms with van der Waals surface area (Å²) in [6, 6.07) is 23.2. The number of thiophene rings is 1. The highest BCUT2D eigenvalue weighted by molar-refractivity contribution is 7.13. The second-order valence-electron chi connectivity index (χ2n) is 8.82. The molecule has 0 radical (unpaired) electrons. The molecule has 2 aromatic carbocycles. The predicted octanol–water partition coefficient (Wildman–Crippen LogP) is 7.32. The van der Waals surface area contributed by atoms with Crippen molar-refractivity contribution < 1.29 is 14.2 Å². The van der Waals surface area contributed by atoms with Crippen LogP contribution in [0.5, 0.6) is 11.5 Å². The van der Waals surface area contributed by atoms with Crippen LogP contribution >= 0.6 is 11.3 Å². The van der Waals surface area contributed by atoms with Gasteiger partial charge in [0.1, 0.15) is 35.3 Å². The number of aryl methyl sites for hydroxylation is 1. The largest absolute Gasteiger partial charge is 0.496 e. The van der Waals surface area contributed by atoms with Crippen molar-refractivity contribution in [3.63, 3.8) is 0 Å².